The van der Waals surface area contributed by atoms with Crippen LogP contribution in [0.25, 0.3) is 0 Å². The number of pyridine rings is 1. The van der Waals surface area contributed by atoms with E-state index in [1.165, 1.54) is 18.3 Å². The second kappa shape index (κ2) is 5.26. The van der Waals surface area contributed by atoms with Crippen molar-refractivity contribution >= 4 is 33.0 Å². The van der Waals surface area contributed by atoms with E-state index >= 15 is 0 Å². The highest BCUT2D eigenvalue weighted by molar-refractivity contribution is 7.92. The number of nitrogens with zero attached hydrogens (tertiary/aromatic N) is 1. The molecular formula is C12H11ClFN3O2S. The number of sulfonamides is 1. The van der Waals surface area contributed by atoms with E-state index in [0.29, 0.717) is 0 Å². The van der Waals surface area contributed by atoms with E-state index < -0.39 is 15.8 Å². The Balaban J connectivity index is 2.46. The molecule has 1 heterocycles. The summed E-state index contributed by atoms with van der Waals surface area (Å²) >= 11 is 5.82. The van der Waals surface area contributed by atoms with E-state index in [9.17, 15) is 12.8 Å². The summed E-state index contributed by atoms with van der Waals surface area (Å²) in [7, 11) is -4.05. The van der Waals surface area contributed by atoms with Crippen molar-refractivity contribution < 1.29 is 12.8 Å². The van der Waals surface area contributed by atoms with Crippen molar-refractivity contribution in [2.75, 3.05) is 10.5 Å². The van der Waals surface area contributed by atoms with Gasteiger partial charge < -0.3 is 5.73 Å². The van der Waals surface area contributed by atoms with Crippen LogP contribution in [0.1, 0.15) is 5.56 Å². The van der Waals surface area contributed by atoms with Crippen molar-refractivity contribution in [2.24, 2.45) is 0 Å². The molecule has 0 saturated carbocycles. The number of aryl methyl sites for hydroxylation is 1. The molecule has 3 N–H and O–H groups in total. The number of rotatable bonds is 3. The summed E-state index contributed by atoms with van der Waals surface area (Å²) in [5.41, 5.74) is 6.33. The van der Waals surface area contributed by atoms with Crippen LogP contribution in [0.4, 0.5) is 15.8 Å². The van der Waals surface area contributed by atoms with Gasteiger partial charge in [0.05, 0.1) is 11.4 Å². The average Bonchev–Trinajstić information content (AvgIpc) is 2.36. The van der Waals surface area contributed by atoms with E-state index in [2.05, 4.69) is 9.71 Å². The van der Waals surface area contributed by atoms with Gasteiger partial charge >= 0.3 is 0 Å². The highest BCUT2D eigenvalue weighted by Crippen LogP contribution is 2.26. The molecule has 2 rings (SSSR count). The molecule has 1 aromatic carbocycles. The number of anilines is 2. The molecular weight excluding hydrogens is 305 g/mol. The van der Waals surface area contributed by atoms with Crippen molar-refractivity contribution in [2.45, 2.75) is 11.8 Å². The number of benzene rings is 1. The molecule has 20 heavy (non-hydrogen) atoms. The first kappa shape index (κ1) is 14.5. The second-order valence-corrected chi connectivity index (χ2v) is 6.15. The molecule has 1 aromatic heterocycles. The first-order valence-electron chi connectivity index (χ1n) is 5.49. The fourth-order valence-corrected chi connectivity index (χ4v) is 2.97. The molecule has 0 saturated heterocycles. The van der Waals surface area contributed by atoms with Crippen molar-refractivity contribution in [1.29, 1.82) is 0 Å². The monoisotopic (exact) mass is 315 g/mol. The van der Waals surface area contributed by atoms with Crippen LogP contribution in [-0.2, 0) is 10.0 Å². The summed E-state index contributed by atoms with van der Waals surface area (Å²) in [5, 5.41) is -0.00542. The smallest absolute Gasteiger partial charge is 0.264 e. The SMILES string of the molecule is Cc1cnc(Cl)c(NS(=O)(=O)c2cc(F)ccc2N)c1. The van der Waals surface area contributed by atoms with Crippen LogP contribution in [0.2, 0.25) is 5.15 Å². The van der Waals surface area contributed by atoms with Gasteiger partial charge in [0.25, 0.3) is 10.0 Å². The Kier molecular flexibility index (Phi) is 3.82. The first-order valence-corrected chi connectivity index (χ1v) is 7.36. The molecule has 0 spiro atoms. The molecule has 106 valence electrons. The van der Waals surface area contributed by atoms with Gasteiger partial charge in [-0.2, -0.15) is 0 Å². The summed E-state index contributed by atoms with van der Waals surface area (Å²) in [5.74, 6) is -0.701. The van der Waals surface area contributed by atoms with Gasteiger partial charge in [-0.3, -0.25) is 4.72 Å². The molecule has 0 aliphatic rings. The standard InChI is InChI=1S/C12H11ClFN3O2S/c1-7-4-10(12(13)16-6-7)17-20(18,19)11-5-8(14)2-3-9(11)15/h2-6,17H,15H2,1H3. The minimum absolute atomic E-state index is 0.00542. The minimum Gasteiger partial charge on any atom is -0.398 e. The Morgan fingerprint density at radius 3 is 2.75 bits per heavy atom. The zero-order chi connectivity index (χ0) is 14.9. The third kappa shape index (κ3) is 3.00. The lowest BCUT2D eigenvalue weighted by Crippen LogP contribution is -2.15. The van der Waals surface area contributed by atoms with Crippen molar-refractivity contribution in [3.05, 3.63) is 47.0 Å². The Labute approximate surface area is 120 Å². The summed E-state index contributed by atoms with van der Waals surface area (Å²) in [6, 6.07) is 4.62. The van der Waals surface area contributed by atoms with Crippen LogP contribution < -0.4 is 10.5 Å². The number of aromatic nitrogens is 1. The zero-order valence-corrected chi connectivity index (χ0v) is 12.0. The Morgan fingerprint density at radius 1 is 1.35 bits per heavy atom. The summed E-state index contributed by atoms with van der Waals surface area (Å²) in [4.78, 5) is 3.48. The number of nitrogens with two attached hydrogens (primary N) is 1. The fraction of sp³-hybridized carbons (Fsp3) is 0.0833. The zero-order valence-electron chi connectivity index (χ0n) is 10.4. The molecule has 2 aromatic rings. The van der Waals surface area contributed by atoms with Crippen LogP contribution >= 0.6 is 11.6 Å². The van der Waals surface area contributed by atoms with E-state index in [0.717, 1.165) is 17.7 Å². The number of halogens is 2. The van der Waals surface area contributed by atoms with E-state index in [1.54, 1.807) is 6.92 Å². The molecule has 0 aliphatic carbocycles. The second-order valence-electron chi connectivity index (χ2n) is 4.14. The fourth-order valence-electron chi connectivity index (χ4n) is 1.56. The molecule has 0 unspecified atom stereocenters. The Hall–Kier alpha value is -1.86. The lowest BCUT2D eigenvalue weighted by molar-refractivity contribution is 0.596. The van der Waals surface area contributed by atoms with Crippen LogP contribution in [0.5, 0.6) is 0 Å². The highest BCUT2D eigenvalue weighted by Gasteiger charge is 2.20. The maximum Gasteiger partial charge on any atom is 0.264 e. The molecule has 0 atom stereocenters. The van der Waals surface area contributed by atoms with Crippen LogP contribution in [0.15, 0.2) is 35.4 Å². The Bertz CT molecular complexity index is 765. The summed E-state index contributed by atoms with van der Waals surface area (Å²) in [6.07, 6.45) is 1.50. The van der Waals surface area contributed by atoms with Gasteiger partial charge in [-0.15, -0.1) is 0 Å². The lowest BCUT2D eigenvalue weighted by Gasteiger charge is -2.11. The van der Waals surface area contributed by atoms with Crippen molar-refractivity contribution in [3.8, 4) is 0 Å². The number of hydrogen-bond donors (Lipinski definition) is 2. The molecule has 0 amide bonds. The normalized spacial score (nSPS) is 11.3. The van der Waals surface area contributed by atoms with Crippen molar-refractivity contribution in [3.63, 3.8) is 0 Å². The van der Waals surface area contributed by atoms with Gasteiger partial charge in [-0.05, 0) is 36.8 Å². The van der Waals surface area contributed by atoms with Crippen LogP contribution in [-0.4, -0.2) is 13.4 Å². The molecule has 0 fully saturated rings. The molecule has 0 radical (unpaired) electrons. The van der Waals surface area contributed by atoms with Gasteiger partial charge in [0.2, 0.25) is 0 Å². The van der Waals surface area contributed by atoms with E-state index in [4.69, 9.17) is 17.3 Å². The quantitative estimate of drug-likeness (QED) is 0.673. The van der Waals surface area contributed by atoms with Crippen molar-refractivity contribution in [1.82, 2.24) is 4.98 Å². The maximum atomic E-state index is 13.2. The Morgan fingerprint density at radius 2 is 2.05 bits per heavy atom. The van der Waals surface area contributed by atoms with E-state index in [-0.39, 0.29) is 21.4 Å². The highest BCUT2D eigenvalue weighted by atomic mass is 35.5. The predicted molar refractivity (Wildman–Crippen MR) is 75.6 cm³/mol. The van der Waals surface area contributed by atoms with E-state index in [1.807, 2.05) is 0 Å². The molecule has 8 heteroatoms. The van der Waals surface area contributed by atoms with Crippen LogP contribution in [0.3, 0.4) is 0 Å². The van der Waals surface area contributed by atoms with Gasteiger partial charge in [-0.1, -0.05) is 11.6 Å². The van der Waals surface area contributed by atoms with Gasteiger partial charge in [0.1, 0.15) is 10.7 Å². The maximum absolute atomic E-state index is 13.2. The number of nitrogens with one attached hydrogen (secondary N) is 1. The van der Waals surface area contributed by atoms with Crippen LogP contribution in [0, 0.1) is 12.7 Å². The largest absolute Gasteiger partial charge is 0.398 e. The molecule has 0 aliphatic heterocycles. The van der Waals surface area contributed by atoms with Gasteiger partial charge in [0.15, 0.2) is 5.15 Å². The summed E-state index contributed by atoms with van der Waals surface area (Å²) in [6.45, 7) is 1.73. The summed E-state index contributed by atoms with van der Waals surface area (Å²) < 4.78 is 39.8. The molecule has 5 nitrogen and oxygen atoms in total. The minimum atomic E-state index is -4.05. The van der Waals surface area contributed by atoms with Gasteiger partial charge in [-0.25, -0.2) is 17.8 Å². The third-order valence-electron chi connectivity index (χ3n) is 2.49. The number of hydrogen-bond acceptors (Lipinski definition) is 4. The lowest BCUT2D eigenvalue weighted by atomic mass is 10.3. The third-order valence-corrected chi connectivity index (χ3v) is 4.21. The number of nitrogen functional groups attached to an aromatic ring is 1. The molecule has 0 bridgehead atoms. The van der Waals surface area contributed by atoms with Gasteiger partial charge in [0, 0.05) is 6.20 Å². The predicted octanol–water partition coefficient (Wildman–Crippen LogP) is 2.57. The average molecular weight is 316 g/mol. The topological polar surface area (TPSA) is 85.1 Å². The first-order chi connectivity index (χ1) is 9.29.